The second kappa shape index (κ2) is 10.4. The first kappa shape index (κ1) is 27.1. The van der Waals surface area contributed by atoms with Crippen molar-refractivity contribution >= 4 is 38.5 Å². The van der Waals surface area contributed by atoms with Crippen molar-refractivity contribution in [1.82, 2.24) is 19.9 Å². The van der Waals surface area contributed by atoms with Gasteiger partial charge in [-0.2, -0.15) is 9.97 Å². The lowest BCUT2D eigenvalue weighted by atomic mass is 10.1. The van der Waals surface area contributed by atoms with Crippen LogP contribution in [0, 0.1) is 11.6 Å². The minimum Gasteiger partial charge on any atom is -0.471 e. The number of benzene rings is 1. The number of hydrogen-bond acceptors (Lipinski definition) is 10. The van der Waals surface area contributed by atoms with Crippen LogP contribution < -0.4 is 9.47 Å². The molecule has 0 bridgehead atoms. The number of rotatable bonds is 6. The van der Waals surface area contributed by atoms with E-state index in [-0.39, 0.29) is 65.9 Å². The first-order valence-corrected chi connectivity index (χ1v) is 14.5. The Hall–Kier alpha value is -3.11. The first-order chi connectivity index (χ1) is 19.1. The molecule has 3 fully saturated rings. The summed E-state index contributed by atoms with van der Waals surface area (Å²) in [6.07, 6.45) is -2.14. The van der Waals surface area contributed by atoms with Crippen LogP contribution in [0.5, 0.6) is 11.9 Å². The van der Waals surface area contributed by atoms with Gasteiger partial charge in [0.25, 0.3) is 11.9 Å². The summed E-state index contributed by atoms with van der Waals surface area (Å²) in [6, 6.07) is 3.34. The molecule has 2 N–H and O–H groups in total. The van der Waals surface area contributed by atoms with Crippen molar-refractivity contribution < 1.29 is 46.0 Å². The summed E-state index contributed by atoms with van der Waals surface area (Å²) in [5.74, 6) is -3.24. The van der Waals surface area contributed by atoms with Crippen molar-refractivity contribution in [3.63, 3.8) is 0 Å². The number of amides is 1. The minimum absolute atomic E-state index is 0.0434. The molecule has 0 radical (unpaired) electrons. The molecule has 16 heteroatoms. The Kier molecular flexibility index (Phi) is 7.02. The highest BCUT2D eigenvalue weighted by Gasteiger charge is 2.48. The van der Waals surface area contributed by atoms with Gasteiger partial charge in [-0.3, -0.25) is 4.79 Å². The number of nitrogens with zero attached hydrogens (tertiary/aromatic N) is 3. The highest BCUT2D eigenvalue weighted by molar-refractivity contribution is 7.91. The van der Waals surface area contributed by atoms with Crippen molar-refractivity contribution in [1.29, 1.82) is 0 Å². The van der Waals surface area contributed by atoms with Crippen molar-refractivity contribution in [2.45, 2.75) is 31.0 Å². The van der Waals surface area contributed by atoms with E-state index in [2.05, 4.69) is 15.0 Å². The molecule has 3 saturated heterocycles. The number of sulfone groups is 1. The summed E-state index contributed by atoms with van der Waals surface area (Å²) in [7, 11) is -3.22. The monoisotopic (exact) mass is 600 g/mol. The third-order valence-electron chi connectivity index (χ3n) is 6.99. The summed E-state index contributed by atoms with van der Waals surface area (Å²) in [5.41, 5.74) is -0.101. The smallest absolute Gasteiger partial charge is 0.296 e. The van der Waals surface area contributed by atoms with Crippen LogP contribution in [-0.2, 0) is 25.9 Å². The molecule has 1 amide bonds. The Bertz CT molecular complexity index is 1550. The Morgan fingerprint density at radius 3 is 2.55 bits per heavy atom. The van der Waals surface area contributed by atoms with E-state index in [1.54, 1.807) is 0 Å². The molecule has 0 aliphatic carbocycles. The number of carbonyl (C=O) groups excluding carboxylic acids is 1. The van der Waals surface area contributed by atoms with Gasteiger partial charge in [0, 0.05) is 18.7 Å². The van der Waals surface area contributed by atoms with Gasteiger partial charge in [-0.15, -0.1) is 0 Å². The summed E-state index contributed by atoms with van der Waals surface area (Å²) in [5, 5.41) is 9.93. The number of aromatic nitrogens is 3. The normalized spacial score (nSPS) is 25.8. The highest BCUT2D eigenvalue weighted by atomic mass is 35.5. The third-order valence-corrected chi connectivity index (χ3v) is 8.87. The van der Waals surface area contributed by atoms with Gasteiger partial charge in [0.15, 0.2) is 21.6 Å². The number of fused-ring (bicyclic) bond motifs is 2. The molecule has 3 aromatic rings. The summed E-state index contributed by atoms with van der Waals surface area (Å²) >= 11 is 6.27. The molecule has 2 aromatic heterocycles. The molecule has 214 valence electrons. The predicted molar refractivity (Wildman–Crippen MR) is 134 cm³/mol. The number of aliphatic hydroxyl groups is 1. The van der Waals surface area contributed by atoms with Crippen LogP contribution in [0.25, 0.3) is 11.2 Å². The average molecular weight is 601 g/mol. The quantitative estimate of drug-likeness (QED) is 0.422. The van der Waals surface area contributed by atoms with E-state index in [9.17, 15) is 27.1 Å². The van der Waals surface area contributed by atoms with Gasteiger partial charge in [-0.1, -0.05) is 11.6 Å². The van der Waals surface area contributed by atoms with E-state index in [4.69, 9.17) is 30.5 Å². The summed E-state index contributed by atoms with van der Waals surface area (Å²) < 4.78 is 75.2. The number of pyridine rings is 1. The maximum atomic E-state index is 14.8. The lowest BCUT2D eigenvalue weighted by Gasteiger charge is -2.26. The van der Waals surface area contributed by atoms with Gasteiger partial charge in [-0.25, -0.2) is 17.2 Å². The van der Waals surface area contributed by atoms with E-state index in [1.165, 1.54) is 11.0 Å². The predicted octanol–water partition coefficient (Wildman–Crippen LogP) is 1.25. The van der Waals surface area contributed by atoms with E-state index in [1.807, 2.05) is 0 Å². The van der Waals surface area contributed by atoms with E-state index >= 15 is 0 Å². The van der Waals surface area contributed by atoms with Crippen LogP contribution in [-0.4, -0.2) is 102 Å². The van der Waals surface area contributed by atoms with E-state index < -0.39 is 64.0 Å². The molecule has 3 aliphatic rings. The highest BCUT2D eigenvalue weighted by Crippen LogP contribution is 2.32. The van der Waals surface area contributed by atoms with Crippen LogP contribution in [0.1, 0.15) is 15.9 Å². The molecule has 1 aromatic carbocycles. The maximum absolute atomic E-state index is 14.8. The van der Waals surface area contributed by atoms with Crippen LogP contribution in [0.3, 0.4) is 0 Å². The van der Waals surface area contributed by atoms with Crippen LogP contribution in [0.2, 0.25) is 5.02 Å². The molecule has 0 spiro atoms. The average Bonchev–Trinajstić information content (AvgIpc) is 3.59. The van der Waals surface area contributed by atoms with Crippen LogP contribution in [0.4, 0.5) is 8.78 Å². The van der Waals surface area contributed by atoms with Crippen molar-refractivity contribution in [3.05, 3.63) is 46.0 Å². The molecular weight excluding hydrogens is 578 g/mol. The fourth-order valence-electron chi connectivity index (χ4n) is 4.83. The van der Waals surface area contributed by atoms with Gasteiger partial charge < -0.3 is 33.9 Å². The molecule has 12 nitrogen and oxygen atoms in total. The van der Waals surface area contributed by atoms with Crippen molar-refractivity contribution in [2.24, 2.45) is 0 Å². The van der Waals surface area contributed by atoms with Crippen molar-refractivity contribution in [2.75, 3.05) is 37.8 Å². The largest absolute Gasteiger partial charge is 0.471 e. The fraction of sp³-hybridized carbons (Fsp3) is 0.458. The first-order valence-electron chi connectivity index (χ1n) is 12.3. The van der Waals surface area contributed by atoms with Gasteiger partial charge in [0.05, 0.1) is 35.8 Å². The van der Waals surface area contributed by atoms with Crippen LogP contribution >= 0.6 is 11.6 Å². The zero-order valence-corrected chi connectivity index (χ0v) is 22.3. The standard InChI is InChI=1S/C24H23ClF2N4O8S/c25-13-7-16-21(30-24(28-16)39-18-10-37-19-17(32)9-36-20(18)19)29-22(13)38-8-12-14(26)5-11(6-15(12)27)23(33)31-1-3-40(34,35)4-2-31/h5-7,17-20,32H,1-4,8-10H2,(H,28,29,30)/t17-,18-,19-,20?/m1/s1. The number of aromatic amines is 1. The molecule has 5 heterocycles. The molecule has 6 rings (SSSR count). The molecular formula is C24H23ClF2N4O8S. The van der Waals surface area contributed by atoms with Gasteiger partial charge >= 0.3 is 0 Å². The zero-order valence-electron chi connectivity index (χ0n) is 20.7. The van der Waals surface area contributed by atoms with Gasteiger partial charge in [0.1, 0.15) is 41.6 Å². The SMILES string of the molecule is O=C(c1cc(F)c(COc2nc3nc(O[C@@H]4CO[C@H]5C4OC[C@H]5O)[nH]c3cc2Cl)c(F)c1)N1CCS(=O)(=O)CC1. The lowest BCUT2D eigenvalue weighted by molar-refractivity contribution is 0.00706. The Morgan fingerprint density at radius 2 is 1.82 bits per heavy atom. The second-order valence-electron chi connectivity index (χ2n) is 9.66. The topological polar surface area (TPSA) is 153 Å². The Labute approximate surface area is 231 Å². The number of hydrogen-bond donors (Lipinski definition) is 2. The Morgan fingerprint density at radius 1 is 1.12 bits per heavy atom. The van der Waals surface area contributed by atoms with Gasteiger partial charge in [0.2, 0.25) is 5.88 Å². The molecule has 3 aliphatic heterocycles. The van der Waals surface area contributed by atoms with E-state index in [0.717, 1.165) is 12.1 Å². The number of imidazole rings is 1. The third kappa shape index (κ3) is 5.19. The number of aliphatic hydroxyl groups excluding tert-OH is 1. The molecule has 4 atom stereocenters. The lowest BCUT2D eigenvalue weighted by Crippen LogP contribution is -2.43. The van der Waals surface area contributed by atoms with Crippen LogP contribution in [0.15, 0.2) is 18.2 Å². The van der Waals surface area contributed by atoms with E-state index in [0.29, 0.717) is 5.52 Å². The fourth-order valence-corrected chi connectivity index (χ4v) is 6.23. The number of H-pyrrole nitrogens is 1. The summed E-state index contributed by atoms with van der Waals surface area (Å²) in [4.78, 5) is 25.3. The second-order valence-corrected chi connectivity index (χ2v) is 12.4. The zero-order chi connectivity index (χ0) is 28.2. The molecule has 40 heavy (non-hydrogen) atoms. The number of ether oxygens (including phenoxy) is 4. The minimum atomic E-state index is -3.22. The van der Waals surface area contributed by atoms with Gasteiger partial charge in [-0.05, 0) is 18.2 Å². The summed E-state index contributed by atoms with van der Waals surface area (Å²) in [6.45, 7) is -0.323. The van der Waals surface area contributed by atoms with Crippen molar-refractivity contribution in [3.8, 4) is 11.9 Å². The molecule has 0 saturated carbocycles. The maximum Gasteiger partial charge on any atom is 0.296 e. The number of halogens is 3. The Balaban J connectivity index is 1.14. The number of nitrogens with one attached hydrogen (secondary N) is 1. The number of carbonyl (C=O) groups is 1. The molecule has 1 unspecified atom stereocenters.